The molecule has 2 aliphatic rings. The zero-order valence-electron chi connectivity index (χ0n) is 14.6. The molecule has 0 amide bonds. The molecule has 6 heteroatoms. The predicted octanol–water partition coefficient (Wildman–Crippen LogP) is 7.00. The second-order valence-corrected chi connectivity index (χ2v) is 8.65. The maximum atomic E-state index is 6.34. The first-order valence-corrected chi connectivity index (χ1v) is 10.5. The van der Waals surface area contributed by atoms with Gasteiger partial charge in [0.05, 0.1) is 11.8 Å². The smallest absolute Gasteiger partial charge is 0.213 e. The van der Waals surface area contributed by atoms with Gasteiger partial charge in [0.1, 0.15) is 5.75 Å². The lowest BCUT2D eigenvalue weighted by Gasteiger charge is -2.38. The number of fused-ring (bicyclic) bond motifs is 3. The summed E-state index contributed by atoms with van der Waals surface area (Å²) in [5, 5.41) is 8.35. The summed E-state index contributed by atoms with van der Waals surface area (Å²) in [6.07, 6.45) is 0.445. The Morgan fingerprint density at radius 2 is 1.75 bits per heavy atom. The van der Waals surface area contributed by atoms with Crippen molar-refractivity contribution < 1.29 is 4.74 Å². The summed E-state index contributed by atoms with van der Waals surface area (Å²) in [6, 6.07) is 21.8. The van der Waals surface area contributed by atoms with Crippen molar-refractivity contribution in [3.8, 4) is 5.75 Å². The molecule has 2 heterocycles. The Bertz CT molecular complexity index is 1080. The van der Waals surface area contributed by atoms with Crippen LogP contribution >= 0.6 is 39.1 Å². The molecule has 0 unspecified atom stereocenters. The highest BCUT2D eigenvalue weighted by molar-refractivity contribution is 9.10. The van der Waals surface area contributed by atoms with Gasteiger partial charge in [-0.2, -0.15) is 5.10 Å². The molecule has 2 aliphatic heterocycles. The number of hydrazone groups is 1. The fourth-order valence-corrected chi connectivity index (χ4v) is 4.40. The van der Waals surface area contributed by atoms with Crippen LogP contribution < -0.4 is 4.74 Å². The van der Waals surface area contributed by atoms with Crippen LogP contribution in [0.4, 0.5) is 0 Å². The normalized spacial score (nSPS) is 20.2. The molecule has 3 nitrogen and oxygen atoms in total. The number of rotatable bonds is 2. The minimum absolute atomic E-state index is 0.0603. The highest BCUT2D eigenvalue weighted by Crippen LogP contribution is 2.48. The van der Waals surface area contributed by atoms with E-state index >= 15 is 0 Å². The van der Waals surface area contributed by atoms with Crippen molar-refractivity contribution in [1.29, 1.82) is 0 Å². The van der Waals surface area contributed by atoms with Crippen LogP contribution in [0.25, 0.3) is 0 Å². The van der Waals surface area contributed by atoms with Gasteiger partial charge in [-0.05, 0) is 48.0 Å². The first-order valence-electron chi connectivity index (χ1n) is 8.92. The Hall–Kier alpha value is -2.01. The van der Waals surface area contributed by atoms with Crippen LogP contribution in [0.15, 0.2) is 76.3 Å². The molecule has 0 radical (unpaired) electrons. The van der Waals surface area contributed by atoms with E-state index in [1.807, 2.05) is 59.6 Å². The molecule has 0 N–H and O–H groups in total. The van der Waals surface area contributed by atoms with E-state index in [0.29, 0.717) is 10.0 Å². The van der Waals surface area contributed by atoms with Crippen LogP contribution in [0.5, 0.6) is 5.75 Å². The first-order chi connectivity index (χ1) is 13.6. The lowest BCUT2D eigenvalue weighted by Crippen LogP contribution is -2.33. The standard InChI is InChI=1S/C22H15BrCl2N2O/c23-15-6-4-13(5-7-15)19-12-20-18-11-17(25)8-9-21(18)28-22(27(20)26-19)14-2-1-3-16(24)10-14/h1-11,20,22H,12H2/t20-,22-/m0/s1. The molecule has 3 aromatic rings. The highest BCUT2D eigenvalue weighted by Gasteiger charge is 2.41. The molecule has 0 aromatic heterocycles. The maximum Gasteiger partial charge on any atom is 0.213 e. The van der Waals surface area contributed by atoms with Crippen molar-refractivity contribution >= 4 is 44.8 Å². The van der Waals surface area contributed by atoms with E-state index in [0.717, 1.165) is 39.0 Å². The molecule has 28 heavy (non-hydrogen) atoms. The van der Waals surface area contributed by atoms with Crippen molar-refractivity contribution in [2.75, 3.05) is 0 Å². The van der Waals surface area contributed by atoms with Gasteiger partial charge in [0.15, 0.2) is 0 Å². The number of nitrogens with zero attached hydrogens (tertiary/aromatic N) is 2. The lowest BCUT2D eigenvalue weighted by atomic mass is 9.96. The molecular weight excluding hydrogens is 459 g/mol. The molecule has 0 bridgehead atoms. The van der Waals surface area contributed by atoms with Crippen molar-refractivity contribution in [2.24, 2.45) is 5.10 Å². The van der Waals surface area contributed by atoms with Crippen molar-refractivity contribution in [3.63, 3.8) is 0 Å². The van der Waals surface area contributed by atoms with Crippen LogP contribution in [0.1, 0.15) is 35.4 Å². The number of halogens is 3. The topological polar surface area (TPSA) is 24.8 Å². The second kappa shape index (κ2) is 7.11. The zero-order chi connectivity index (χ0) is 19.3. The van der Waals surface area contributed by atoms with Crippen LogP contribution in [0.3, 0.4) is 0 Å². The lowest BCUT2D eigenvalue weighted by molar-refractivity contribution is -0.0190. The molecule has 2 atom stereocenters. The zero-order valence-corrected chi connectivity index (χ0v) is 17.7. The number of ether oxygens (including phenoxy) is 1. The molecule has 0 spiro atoms. The van der Waals surface area contributed by atoms with E-state index in [1.165, 1.54) is 0 Å². The minimum atomic E-state index is -0.342. The van der Waals surface area contributed by atoms with Crippen molar-refractivity contribution in [2.45, 2.75) is 18.7 Å². The molecular formula is C22H15BrCl2N2O. The third kappa shape index (κ3) is 3.20. The third-order valence-electron chi connectivity index (χ3n) is 5.06. The van der Waals surface area contributed by atoms with E-state index in [4.69, 9.17) is 33.0 Å². The summed E-state index contributed by atoms with van der Waals surface area (Å²) in [5.74, 6) is 0.836. The Kier molecular flexibility index (Phi) is 4.58. The molecule has 0 fully saturated rings. The Morgan fingerprint density at radius 1 is 0.964 bits per heavy atom. The van der Waals surface area contributed by atoms with Gasteiger partial charge in [0, 0.05) is 32.1 Å². The summed E-state index contributed by atoms with van der Waals surface area (Å²) in [4.78, 5) is 0. The Labute approximate surface area is 181 Å². The molecule has 140 valence electrons. The summed E-state index contributed by atoms with van der Waals surface area (Å²) < 4.78 is 7.39. The molecule has 0 saturated carbocycles. The van der Waals surface area contributed by atoms with Crippen LogP contribution in [-0.4, -0.2) is 10.7 Å². The number of benzene rings is 3. The largest absolute Gasteiger partial charge is 0.464 e. The Morgan fingerprint density at radius 3 is 2.54 bits per heavy atom. The maximum absolute atomic E-state index is 6.34. The quantitative estimate of drug-likeness (QED) is 0.400. The van der Waals surface area contributed by atoms with E-state index in [2.05, 4.69) is 28.1 Å². The highest BCUT2D eigenvalue weighted by atomic mass is 79.9. The fraction of sp³-hybridized carbons (Fsp3) is 0.136. The van der Waals surface area contributed by atoms with E-state index in [1.54, 1.807) is 0 Å². The minimum Gasteiger partial charge on any atom is -0.464 e. The molecule has 5 rings (SSSR count). The average Bonchev–Trinajstić information content (AvgIpc) is 3.14. The predicted molar refractivity (Wildman–Crippen MR) is 116 cm³/mol. The average molecular weight is 474 g/mol. The fourth-order valence-electron chi connectivity index (χ4n) is 3.76. The second-order valence-electron chi connectivity index (χ2n) is 6.86. The summed E-state index contributed by atoms with van der Waals surface area (Å²) in [6.45, 7) is 0. The van der Waals surface area contributed by atoms with Crippen molar-refractivity contribution in [3.05, 3.63) is 97.9 Å². The van der Waals surface area contributed by atoms with Crippen LogP contribution in [-0.2, 0) is 0 Å². The molecule has 0 saturated heterocycles. The summed E-state index contributed by atoms with van der Waals surface area (Å²) in [5.41, 5.74) is 4.16. The van der Waals surface area contributed by atoms with Gasteiger partial charge in [-0.1, -0.05) is 63.4 Å². The first kappa shape index (κ1) is 18.0. The molecule has 3 aromatic carbocycles. The van der Waals surface area contributed by atoms with Gasteiger partial charge < -0.3 is 4.74 Å². The van der Waals surface area contributed by atoms with Gasteiger partial charge in [0.25, 0.3) is 0 Å². The van der Waals surface area contributed by atoms with Crippen LogP contribution in [0.2, 0.25) is 10.0 Å². The molecule has 0 aliphatic carbocycles. The summed E-state index contributed by atoms with van der Waals surface area (Å²) in [7, 11) is 0. The number of hydrogen-bond acceptors (Lipinski definition) is 3. The van der Waals surface area contributed by atoms with E-state index < -0.39 is 0 Å². The number of hydrogen-bond donors (Lipinski definition) is 0. The van der Waals surface area contributed by atoms with Gasteiger partial charge in [-0.25, -0.2) is 5.01 Å². The summed E-state index contributed by atoms with van der Waals surface area (Å²) >= 11 is 16.0. The van der Waals surface area contributed by atoms with Gasteiger partial charge in [-0.15, -0.1) is 0 Å². The van der Waals surface area contributed by atoms with Crippen molar-refractivity contribution in [1.82, 2.24) is 5.01 Å². The SMILES string of the molecule is Clc1cccc([C@@H]2Oc3ccc(Cl)cc3[C@@H]3CC(c4ccc(Br)cc4)=NN32)c1. The van der Waals surface area contributed by atoms with Gasteiger partial charge in [0.2, 0.25) is 6.23 Å². The van der Waals surface area contributed by atoms with E-state index in [-0.39, 0.29) is 12.3 Å². The Balaban J connectivity index is 1.61. The van der Waals surface area contributed by atoms with Gasteiger partial charge in [-0.3, -0.25) is 0 Å². The monoisotopic (exact) mass is 472 g/mol. The van der Waals surface area contributed by atoms with E-state index in [9.17, 15) is 0 Å². The van der Waals surface area contributed by atoms with Crippen LogP contribution in [0, 0.1) is 0 Å². The third-order valence-corrected chi connectivity index (χ3v) is 6.06. The van der Waals surface area contributed by atoms with Gasteiger partial charge >= 0.3 is 0 Å².